The molecule has 0 unspecified atom stereocenters. The molecule has 2 heteroatoms. The molecule has 2 aromatic rings. The van der Waals surface area contributed by atoms with E-state index < -0.39 is 0 Å². The average molecular weight is 266 g/mol. The maximum absolute atomic E-state index is 12.0. The molecule has 102 valence electrons. The standard InChI is InChI=1S/C18H18O2/c19-18(15-4-2-1-3-5-15)13-8-14-6-9-16(10-7-14)20-17-11-12-17/h1-7,9-10,17H,8,11-13H2. The van der Waals surface area contributed by atoms with Crippen LogP contribution in [0.25, 0.3) is 0 Å². The first-order chi connectivity index (χ1) is 9.81. The summed E-state index contributed by atoms with van der Waals surface area (Å²) in [4.78, 5) is 12.0. The Kier molecular flexibility index (Phi) is 3.82. The van der Waals surface area contributed by atoms with Gasteiger partial charge in [0.1, 0.15) is 5.75 Å². The molecule has 0 spiro atoms. The van der Waals surface area contributed by atoms with E-state index >= 15 is 0 Å². The molecular formula is C18H18O2. The largest absolute Gasteiger partial charge is 0.490 e. The number of carbonyl (C=O) groups excluding carboxylic acids is 1. The molecule has 0 saturated heterocycles. The molecule has 0 N–H and O–H groups in total. The Morgan fingerprint density at radius 1 is 1.00 bits per heavy atom. The molecule has 2 aromatic carbocycles. The van der Waals surface area contributed by atoms with E-state index in [-0.39, 0.29) is 5.78 Å². The van der Waals surface area contributed by atoms with Crippen LogP contribution < -0.4 is 4.74 Å². The van der Waals surface area contributed by atoms with Crippen molar-refractivity contribution in [2.24, 2.45) is 0 Å². The van der Waals surface area contributed by atoms with E-state index in [0.29, 0.717) is 12.5 Å². The minimum atomic E-state index is 0.198. The summed E-state index contributed by atoms with van der Waals surface area (Å²) >= 11 is 0. The van der Waals surface area contributed by atoms with Crippen molar-refractivity contribution in [3.63, 3.8) is 0 Å². The van der Waals surface area contributed by atoms with Crippen LogP contribution in [0, 0.1) is 0 Å². The fourth-order valence-electron chi connectivity index (χ4n) is 2.14. The van der Waals surface area contributed by atoms with Crippen molar-refractivity contribution in [3.8, 4) is 5.75 Å². The van der Waals surface area contributed by atoms with E-state index in [2.05, 4.69) is 12.1 Å². The minimum absolute atomic E-state index is 0.198. The number of Topliss-reactive ketones (excluding diaryl/α,β-unsaturated/α-hetero) is 1. The number of benzene rings is 2. The molecule has 1 fully saturated rings. The second-order valence-corrected chi connectivity index (χ2v) is 5.25. The summed E-state index contributed by atoms with van der Waals surface area (Å²) in [6, 6.07) is 17.6. The molecule has 0 atom stereocenters. The van der Waals surface area contributed by atoms with E-state index in [1.165, 1.54) is 18.4 Å². The Labute approximate surface area is 119 Å². The molecule has 0 amide bonds. The number of hydrogen-bond donors (Lipinski definition) is 0. The van der Waals surface area contributed by atoms with Crippen LogP contribution in [0.1, 0.15) is 35.2 Å². The van der Waals surface area contributed by atoms with Crippen LogP contribution in [0.4, 0.5) is 0 Å². The first kappa shape index (κ1) is 12.9. The zero-order valence-corrected chi connectivity index (χ0v) is 11.4. The van der Waals surface area contributed by atoms with E-state index in [4.69, 9.17) is 4.74 Å². The van der Waals surface area contributed by atoms with Crippen LogP contribution in [0.5, 0.6) is 5.75 Å². The Bertz CT molecular complexity index is 568. The second kappa shape index (κ2) is 5.91. The third-order valence-electron chi connectivity index (χ3n) is 3.49. The summed E-state index contributed by atoms with van der Waals surface area (Å²) in [5.41, 5.74) is 1.97. The van der Waals surface area contributed by atoms with Gasteiger partial charge in [0, 0.05) is 12.0 Å². The lowest BCUT2D eigenvalue weighted by atomic mass is 10.0. The number of hydrogen-bond acceptors (Lipinski definition) is 2. The number of ether oxygens (including phenoxy) is 1. The zero-order valence-electron chi connectivity index (χ0n) is 11.4. The molecule has 0 aromatic heterocycles. The number of carbonyl (C=O) groups is 1. The van der Waals surface area contributed by atoms with Crippen molar-refractivity contribution in [2.45, 2.75) is 31.8 Å². The molecule has 0 bridgehead atoms. The molecule has 20 heavy (non-hydrogen) atoms. The molecule has 2 nitrogen and oxygen atoms in total. The molecule has 0 radical (unpaired) electrons. The molecule has 3 rings (SSSR count). The van der Waals surface area contributed by atoms with Crippen molar-refractivity contribution in [2.75, 3.05) is 0 Å². The molecule has 0 heterocycles. The van der Waals surface area contributed by atoms with Crippen molar-refractivity contribution in [3.05, 3.63) is 65.7 Å². The van der Waals surface area contributed by atoms with Gasteiger partial charge in [0.15, 0.2) is 5.78 Å². The van der Waals surface area contributed by atoms with E-state index in [9.17, 15) is 4.79 Å². The topological polar surface area (TPSA) is 26.3 Å². The SMILES string of the molecule is O=C(CCc1ccc(OC2CC2)cc1)c1ccccc1. The molecule has 1 aliphatic carbocycles. The van der Waals surface area contributed by atoms with Crippen molar-refractivity contribution in [1.82, 2.24) is 0 Å². The summed E-state index contributed by atoms with van der Waals surface area (Å²) < 4.78 is 5.71. The number of aryl methyl sites for hydroxylation is 1. The van der Waals surface area contributed by atoms with Gasteiger partial charge in [0.2, 0.25) is 0 Å². The summed E-state index contributed by atoms with van der Waals surface area (Å²) in [7, 11) is 0. The Hall–Kier alpha value is -2.09. The van der Waals surface area contributed by atoms with Gasteiger partial charge >= 0.3 is 0 Å². The highest BCUT2D eigenvalue weighted by Gasteiger charge is 2.23. The highest BCUT2D eigenvalue weighted by Crippen LogP contribution is 2.26. The Morgan fingerprint density at radius 3 is 2.35 bits per heavy atom. The number of rotatable bonds is 6. The monoisotopic (exact) mass is 266 g/mol. The predicted octanol–water partition coefficient (Wildman–Crippen LogP) is 4.04. The lowest BCUT2D eigenvalue weighted by Crippen LogP contribution is -2.01. The highest BCUT2D eigenvalue weighted by atomic mass is 16.5. The summed E-state index contributed by atoms with van der Waals surface area (Å²) in [6.45, 7) is 0. The Balaban J connectivity index is 1.54. The zero-order chi connectivity index (χ0) is 13.8. The van der Waals surface area contributed by atoms with Gasteiger partial charge in [-0.25, -0.2) is 0 Å². The third-order valence-corrected chi connectivity index (χ3v) is 3.49. The smallest absolute Gasteiger partial charge is 0.163 e. The highest BCUT2D eigenvalue weighted by molar-refractivity contribution is 5.96. The minimum Gasteiger partial charge on any atom is -0.490 e. The fraction of sp³-hybridized carbons (Fsp3) is 0.278. The van der Waals surface area contributed by atoms with Gasteiger partial charge in [-0.1, -0.05) is 42.5 Å². The van der Waals surface area contributed by atoms with E-state index in [1.54, 1.807) is 0 Å². The van der Waals surface area contributed by atoms with Gasteiger partial charge in [-0.15, -0.1) is 0 Å². The van der Waals surface area contributed by atoms with Crippen LogP contribution >= 0.6 is 0 Å². The van der Waals surface area contributed by atoms with Gasteiger partial charge in [-0.3, -0.25) is 4.79 Å². The average Bonchev–Trinajstić information content (AvgIpc) is 3.31. The van der Waals surface area contributed by atoms with E-state index in [1.807, 2.05) is 42.5 Å². The summed E-state index contributed by atoms with van der Waals surface area (Å²) in [5.74, 6) is 1.13. The van der Waals surface area contributed by atoms with Crippen molar-refractivity contribution < 1.29 is 9.53 Å². The lowest BCUT2D eigenvalue weighted by Gasteiger charge is -2.06. The van der Waals surface area contributed by atoms with Crippen LogP contribution in [0.2, 0.25) is 0 Å². The molecule has 1 aliphatic rings. The quantitative estimate of drug-likeness (QED) is 0.737. The van der Waals surface area contributed by atoms with Gasteiger partial charge in [0.05, 0.1) is 6.10 Å². The molecule has 1 saturated carbocycles. The number of ketones is 1. The fourth-order valence-corrected chi connectivity index (χ4v) is 2.14. The second-order valence-electron chi connectivity index (χ2n) is 5.25. The van der Waals surface area contributed by atoms with Crippen LogP contribution in [0.3, 0.4) is 0 Å². The van der Waals surface area contributed by atoms with Gasteiger partial charge < -0.3 is 4.74 Å². The molecule has 0 aliphatic heterocycles. The summed E-state index contributed by atoms with van der Waals surface area (Å²) in [5, 5.41) is 0. The maximum Gasteiger partial charge on any atom is 0.163 e. The lowest BCUT2D eigenvalue weighted by molar-refractivity contribution is 0.0983. The predicted molar refractivity (Wildman–Crippen MR) is 79.2 cm³/mol. The van der Waals surface area contributed by atoms with Crippen LogP contribution in [0.15, 0.2) is 54.6 Å². The normalized spacial score (nSPS) is 14.0. The van der Waals surface area contributed by atoms with Crippen molar-refractivity contribution in [1.29, 1.82) is 0 Å². The van der Waals surface area contributed by atoms with Crippen molar-refractivity contribution >= 4 is 5.78 Å². The van der Waals surface area contributed by atoms with Crippen LogP contribution in [-0.4, -0.2) is 11.9 Å². The third kappa shape index (κ3) is 3.47. The first-order valence-electron chi connectivity index (χ1n) is 7.15. The maximum atomic E-state index is 12.0. The van der Waals surface area contributed by atoms with Gasteiger partial charge in [0.25, 0.3) is 0 Å². The Morgan fingerprint density at radius 2 is 1.70 bits per heavy atom. The summed E-state index contributed by atoms with van der Waals surface area (Å²) in [6.07, 6.45) is 4.10. The van der Waals surface area contributed by atoms with Gasteiger partial charge in [-0.2, -0.15) is 0 Å². The molecular weight excluding hydrogens is 248 g/mol. The van der Waals surface area contributed by atoms with E-state index in [0.717, 1.165) is 17.7 Å². The van der Waals surface area contributed by atoms with Gasteiger partial charge in [-0.05, 0) is 37.0 Å². The first-order valence-corrected chi connectivity index (χ1v) is 7.15. The van der Waals surface area contributed by atoms with Crippen LogP contribution in [-0.2, 0) is 6.42 Å².